The number of carbonyl (C=O) groups is 2. The third kappa shape index (κ3) is 2.22. The van der Waals surface area contributed by atoms with E-state index < -0.39 is 5.97 Å². The van der Waals surface area contributed by atoms with Crippen LogP contribution in [0.5, 0.6) is 0 Å². The molecular formula is C12H13NO4. The number of fused-ring (bicyclic) bond motifs is 1. The van der Waals surface area contributed by atoms with E-state index in [4.69, 9.17) is 5.11 Å². The Morgan fingerprint density at radius 1 is 1.35 bits per heavy atom. The summed E-state index contributed by atoms with van der Waals surface area (Å²) in [6.07, 6.45) is 0.309. The summed E-state index contributed by atoms with van der Waals surface area (Å²) >= 11 is 0. The molecule has 1 N–H and O–H groups in total. The number of benzene rings is 1. The maximum absolute atomic E-state index is 11.4. The Bertz CT molecular complexity index is 470. The molecule has 17 heavy (non-hydrogen) atoms. The van der Waals surface area contributed by atoms with Crippen LogP contribution in [0.1, 0.15) is 21.5 Å². The van der Waals surface area contributed by atoms with Crippen LogP contribution in [0.25, 0.3) is 0 Å². The maximum Gasteiger partial charge on any atom is 0.409 e. The molecule has 0 bridgehead atoms. The number of methoxy groups -OCH3 is 1. The first-order valence-corrected chi connectivity index (χ1v) is 5.30. The molecular weight excluding hydrogens is 222 g/mol. The molecule has 0 radical (unpaired) electrons. The lowest BCUT2D eigenvalue weighted by Crippen LogP contribution is -2.35. The molecule has 0 aromatic heterocycles. The van der Waals surface area contributed by atoms with Crippen LogP contribution in [0.2, 0.25) is 0 Å². The zero-order valence-corrected chi connectivity index (χ0v) is 9.47. The van der Waals surface area contributed by atoms with Crippen molar-refractivity contribution in [2.45, 2.75) is 13.0 Å². The van der Waals surface area contributed by atoms with Crippen LogP contribution in [0.4, 0.5) is 4.79 Å². The van der Waals surface area contributed by atoms with Crippen molar-refractivity contribution < 1.29 is 19.4 Å². The summed E-state index contributed by atoms with van der Waals surface area (Å²) < 4.78 is 4.66. The Hall–Kier alpha value is -2.04. The highest BCUT2D eigenvalue weighted by atomic mass is 16.5. The molecule has 1 heterocycles. The van der Waals surface area contributed by atoms with E-state index in [2.05, 4.69) is 4.74 Å². The second kappa shape index (κ2) is 4.45. The maximum atomic E-state index is 11.4. The van der Waals surface area contributed by atoms with Gasteiger partial charge in [-0.1, -0.05) is 6.07 Å². The Labute approximate surface area is 98.6 Å². The molecule has 5 heteroatoms. The van der Waals surface area contributed by atoms with E-state index in [1.807, 2.05) is 0 Å². The summed E-state index contributed by atoms with van der Waals surface area (Å²) in [6, 6.07) is 4.99. The lowest BCUT2D eigenvalue weighted by atomic mass is 9.97. The summed E-state index contributed by atoms with van der Waals surface area (Å²) in [5, 5.41) is 8.88. The highest BCUT2D eigenvalue weighted by molar-refractivity contribution is 5.88. The van der Waals surface area contributed by atoms with E-state index in [1.54, 1.807) is 23.1 Å². The number of amides is 1. The molecule has 0 saturated carbocycles. The van der Waals surface area contributed by atoms with Crippen molar-refractivity contribution >= 4 is 12.1 Å². The minimum atomic E-state index is -0.928. The van der Waals surface area contributed by atoms with Gasteiger partial charge < -0.3 is 14.7 Å². The average molecular weight is 235 g/mol. The Morgan fingerprint density at radius 2 is 2.12 bits per heavy atom. The van der Waals surface area contributed by atoms with Gasteiger partial charge >= 0.3 is 12.1 Å². The fourth-order valence-electron chi connectivity index (χ4n) is 1.97. The van der Waals surface area contributed by atoms with Gasteiger partial charge in [-0.05, 0) is 29.7 Å². The summed E-state index contributed by atoms with van der Waals surface area (Å²) in [4.78, 5) is 23.8. The summed E-state index contributed by atoms with van der Waals surface area (Å²) in [6.45, 7) is 1.03. The number of aromatic carboxylic acids is 1. The van der Waals surface area contributed by atoms with Gasteiger partial charge in [0, 0.05) is 13.1 Å². The van der Waals surface area contributed by atoms with Crippen molar-refractivity contribution in [3.05, 3.63) is 34.9 Å². The normalized spacial score (nSPS) is 14.1. The minimum Gasteiger partial charge on any atom is -0.478 e. The smallest absolute Gasteiger partial charge is 0.409 e. The van der Waals surface area contributed by atoms with Gasteiger partial charge in [-0.3, -0.25) is 0 Å². The molecule has 1 aliphatic rings. The minimum absolute atomic E-state index is 0.287. The van der Waals surface area contributed by atoms with Crippen molar-refractivity contribution in [1.82, 2.24) is 4.90 Å². The molecule has 0 aliphatic carbocycles. The topological polar surface area (TPSA) is 66.8 Å². The summed E-state index contributed by atoms with van der Waals surface area (Å²) in [5.74, 6) is -0.928. The largest absolute Gasteiger partial charge is 0.478 e. The monoisotopic (exact) mass is 235 g/mol. The first-order valence-electron chi connectivity index (χ1n) is 5.30. The molecule has 0 fully saturated rings. The van der Waals surface area contributed by atoms with Crippen LogP contribution in [-0.4, -0.2) is 35.7 Å². The predicted molar refractivity (Wildman–Crippen MR) is 59.9 cm³/mol. The SMILES string of the molecule is COC(=O)N1CCc2cc(C(=O)O)ccc2C1. The van der Waals surface area contributed by atoms with E-state index in [0.29, 0.717) is 19.5 Å². The van der Waals surface area contributed by atoms with Crippen LogP contribution in [0, 0.1) is 0 Å². The first kappa shape index (κ1) is 11.4. The second-order valence-electron chi connectivity index (χ2n) is 3.93. The fourth-order valence-corrected chi connectivity index (χ4v) is 1.97. The number of nitrogens with zero attached hydrogens (tertiary/aromatic N) is 1. The van der Waals surface area contributed by atoms with Crippen molar-refractivity contribution in [2.75, 3.05) is 13.7 Å². The Kier molecular flexibility index (Phi) is 2.99. The molecule has 1 amide bonds. The predicted octanol–water partition coefficient (Wildman–Crippen LogP) is 1.51. The van der Waals surface area contributed by atoms with Crippen molar-refractivity contribution in [3.63, 3.8) is 0 Å². The van der Waals surface area contributed by atoms with Gasteiger partial charge in [0.25, 0.3) is 0 Å². The van der Waals surface area contributed by atoms with Gasteiger partial charge in [-0.25, -0.2) is 9.59 Å². The van der Waals surface area contributed by atoms with Crippen LogP contribution in [0.15, 0.2) is 18.2 Å². The molecule has 0 saturated heterocycles. The fraction of sp³-hybridized carbons (Fsp3) is 0.333. The molecule has 1 aromatic rings. The number of hydrogen-bond donors (Lipinski definition) is 1. The molecule has 5 nitrogen and oxygen atoms in total. The van der Waals surface area contributed by atoms with E-state index in [-0.39, 0.29) is 11.7 Å². The number of hydrogen-bond acceptors (Lipinski definition) is 3. The zero-order chi connectivity index (χ0) is 12.4. The molecule has 0 spiro atoms. The highest BCUT2D eigenvalue weighted by Gasteiger charge is 2.21. The van der Waals surface area contributed by atoms with Gasteiger partial charge in [-0.2, -0.15) is 0 Å². The molecule has 0 atom stereocenters. The van der Waals surface area contributed by atoms with E-state index in [0.717, 1.165) is 11.1 Å². The van der Waals surface area contributed by atoms with Gasteiger partial charge in [0.2, 0.25) is 0 Å². The number of carboxylic acid groups (broad SMARTS) is 1. The van der Waals surface area contributed by atoms with E-state index in [9.17, 15) is 9.59 Å². The first-order chi connectivity index (χ1) is 8.11. The molecule has 0 unspecified atom stereocenters. The Balaban J connectivity index is 2.23. The van der Waals surface area contributed by atoms with Crippen LogP contribution in [-0.2, 0) is 17.7 Å². The van der Waals surface area contributed by atoms with Crippen LogP contribution >= 0.6 is 0 Å². The molecule has 2 rings (SSSR count). The number of carbonyl (C=O) groups excluding carboxylic acids is 1. The Morgan fingerprint density at radius 3 is 2.76 bits per heavy atom. The van der Waals surface area contributed by atoms with Crippen molar-refractivity contribution in [1.29, 1.82) is 0 Å². The van der Waals surface area contributed by atoms with E-state index in [1.165, 1.54) is 7.11 Å². The van der Waals surface area contributed by atoms with Gasteiger partial charge in [-0.15, -0.1) is 0 Å². The van der Waals surface area contributed by atoms with Crippen molar-refractivity contribution in [2.24, 2.45) is 0 Å². The van der Waals surface area contributed by atoms with Crippen LogP contribution < -0.4 is 0 Å². The summed E-state index contributed by atoms with van der Waals surface area (Å²) in [5.41, 5.74) is 2.26. The molecule has 90 valence electrons. The lowest BCUT2D eigenvalue weighted by Gasteiger charge is -2.27. The number of ether oxygens (including phenoxy) is 1. The summed E-state index contributed by atoms with van der Waals surface area (Å²) in [7, 11) is 1.35. The zero-order valence-electron chi connectivity index (χ0n) is 9.47. The van der Waals surface area contributed by atoms with Gasteiger partial charge in [0.15, 0.2) is 0 Å². The second-order valence-corrected chi connectivity index (χ2v) is 3.93. The quantitative estimate of drug-likeness (QED) is 0.801. The van der Waals surface area contributed by atoms with Crippen LogP contribution in [0.3, 0.4) is 0 Å². The highest BCUT2D eigenvalue weighted by Crippen LogP contribution is 2.20. The lowest BCUT2D eigenvalue weighted by molar-refractivity contribution is 0.0696. The third-order valence-corrected chi connectivity index (χ3v) is 2.90. The average Bonchev–Trinajstić information content (AvgIpc) is 2.36. The van der Waals surface area contributed by atoms with Gasteiger partial charge in [0.05, 0.1) is 12.7 Å². The standard InChI is InChI=1S/C12H13NO4/c1-17-12(16)13-5-4-8-6-9(11(14)15)2-3-10(8)7-13/h2-3,6H,4-5,7H2,1H3,(H,14,15). The third-order valence-electron chi connectivity index (χ3n) is 2.90. The molecule has 1 aromatic carbocycles. The number of rotatable bonds is 1. The van der Waals surface area contributed by atoms with Crippen molar-refractivity contribution in [3.8, 4) is 0 Å². The molecule has 1 aliphatic heterocycles. The van der Waals surface area contributed by atoms with E-state index >= 15 is 0 Å². The number of carboxylic acids is 1. The van der Waals surface area contributed by atoms with Gasteiger partial charge in [0.1, 0.15) is 0 Å².